The van der Waals surface area contributed by atoms with Gasteiger partial charge in [-0.2, -0.15) is 0 Å². The van der Waals surface area contributed by atoms with E-state index >= 15 is 0 Å². The molecule has 0 aliphatic carbocycles. The number of rotatable bonds is 3. The molecule has 1 aromatic carbocycles. The van der Waals surface area contributed by atoms with Gasteiger partial charge in [-0.1, -0.05) is 47.1 Å². The van der Waals surface area contributed by atoms with Gasteiger partial charge >= 0.3 is 0 Å². The molecule has 0 saturated heterocycles. The molecule has 90 valence electrons. The van der Waals surface area contributed by atoms with Crippen molar-refractivity contribution in [3.63, 3.8) is 0 Å². The molecular weight excluding hydrogens is 292 g/mol. The van der Waals surface area contributed by atoms with Crippen LogP contribution in [0.1, 0.15) is 38.2 Å². The zero-order valence-corrected chi connectivity index (χ0v) is 12.9. The molecule has 1 atom stereocenters. The van der Waals surface area contributed by atoms with Crippen LogP contribution >= 0.6 is 27.3 Å². The molecule has 0 radical (unpaired) electrons. The summed E-state index contributed by atoms with van der Waals surface area (Å²) in [7, 11) is 0. The predicted molar refractivity (Wildman–Crippen MR) is 80.4 cm³/mol. The van der Waals surface area contributed by atoms with E-state index < -0.39 is 0 Å². The summed E-state index contributed by atoms with van der Waals surface area (Å²) in [5.74, 6) is 0. The van der Waals surface area contributed by atoms with Gasteiger partial charge in [-0.3, -0.25) is 0 Å². The number of hydrogen-bond donors (Lipinski definition) is 0. The van der Waals surface area contributed by atoms with E-state index in [0.29, 0.717) is 4.83 Å². The summed E-state index contributed by atoms with van der Waals surface area (Å²) < 4.78 is 0. The molecule has 0 amide bonds. The minimum atomic E-state index is 0.323. The zero-order valence-electron chi connectivity index (χ0n) is 10.5. The van der Waals surface area contributed by atoms with Gasteiger partial charge in [0.25, 0.3) is 0 Å². The summed E-state index contributed by atoms with van der Waals surface area (Å²) in [6.45, 7) is 6.59. The van der Waals surface area contributed by atoms with Crippen LogP contribution in [0.2, 0.25) is 0 Å². The van der Waals surface area contributed by atoms with Crippen molar-refractivity contribution < 1.29 is 0 Å². The van der Waals surface area contributed by atoms with Crippen molar-refractivity contribution in [3.8, 4) is 0 Å². The smallest absolute Gasteiger partial charge is 0.0658 e. The van der Waals surface area contributed by atoms with E-state index in [1.165, 1.54) is 26.4 Å². The lowest BCUT2D eigenvalue weighted by molar-refractivity contribution is 1.05. The van der Waals surface area contributed by atoms with Crippen molar-refractivity contribution in [1.29, 1.82) is 0 Å². The molecule has 1 unspecified atom stereocenters. The van der Waals surface area contributed by atoms with Crippen LogP contribution in [-0.2, 0) is 6.42 Å². The molecule has 17 heavy (non-hydrogen) atoms. The van der Waals surface area contributed by atoms with Gasteiger partial charge in [0.05, 0.1) is 4.83 Å². The Balaban J connectivity index is 2.43. The third-order valence-corrected chi connectivity index (χ3v) is 5.03. The second-order valence-electron chi connectivity index (χ2n) is 4.28. The van der Waals surface area contributed by atoms with E-state index in [1.807, 2.05) is 11.3 Å². The molecule has 0 saturated carbocycles. The van der Waals surface area contributed by atoms with Crippen LogP contribution < -0.4 is 0 Å². The molecule has 2 aromatic rings. The van der Waals surface area contributed by atoms with E-state index in [0.717, 1.165) is 6.42 Å². The summed E-state index contributed by atoms with van der Waals surface area (Å²) in [5, 5.41) is 0. The van der Waals surface area contributed by atoms with Crippen molar-refractivity contribution in [2.75, 3.05) is 0 Å². The molecule has 0 N–H and O–H groups in total. The summed E-state index contributed by atoms with van der Waals surface area (Å²) in [4.78, 5) is 3.12. The highest BCUT2D eigenvalue weighted by Gasteiger charge is 2.16. The largest absolute Gasteiger partial charge is 0.146 e. The van der Waals surface area contributed by atoms with Crippen molar-refractivity contribution in [2.45, 2.75) is 32.0 Å². The third-order valence-electron chi connectivity index (χ3n) is 3.06. The number of aryl methyl sites for hydroxylation is 3. The van der Waals surface area contributed by atoms with Gasteiger partial charge in [-0.25, -0.2) is 0 Å². The second-order valence-corrected chi connectivity index (χ2v) is 6.66. The van der Waals surface area contributed by atoms with Crippen LogP contribution in [0.25, 0.3) is 0 Å². The number of halogens is 1. The molecule has 0 nitrogen and oxygen atoms in total. The lowest BCUT2D eigenvalue weighted by atomic mass is 9.98. The van der Waals surface area contributed by atoms with Gasteiger partial charge in [-0.15, -0.1) is 11.3 Å². The van der Waals surface area contributed by atoms with Gasteiger partial charge in [0.15, 0.2) is 0 Å². The molecule has 0 aliphatic rings. The van der Waals surface area contributed by atoms with Gasteiger partial charge in [0.2, 0.25) is 0 Å². The zero-order chi connectivity index (χ0) is 12.4. The average molecular weight is 309 g/mol. The molecule has 2 heteroatoms. The summed E-state index contributed by atoms with van der Waals surface area (Å²) in [6.07, 6.45) is 1.08. The first-order chi connectivity index (χ1) is 8.13. The first-order valence-electron chi connectivity index (χ1n) is 5.92. The Labute approximate surface area is 116 Å². The van der Waals surface area contributed by atoms with Gasteiger partial charge in [0.1, 0.15) is 0 Å². The molecule has 2 rings (SSSR count). The Morgan fingerprint density at radius 2 is 1.88 bits per heavy atom. The van der Waals surface area contributed by atoms with Gasteiger partial charge < -0.3 is 0 Å². The van der Waals surface area contributed by atoms with Crippen LogP contribution in [0.3, 0.4) is 0 Å². The fourth-order valence-corrected chi connectivity index (χ4v) is 4.21. The highest BCUT2D eigenvalue weighted by molar-refractivity contribution is 9.09. The number of benzene rings is 1. The topological polar surface area (TPSA) is 0 Å². The highest BCUT2D eigenvalue weighted by Crippen LogP contribution is 2.38. The van der Waals surface area contributed by atoms with Crippen molar-refractivity contribution in [3.05, 3.63) is 56.8 Å². The van der Waals surface area contributed by atoms with E-state index in [9.17, 15) is 0 Å². The Hall–Kier alpha value is -0.600. The van der Waals surface area contributed by atoms with Crippen LogP contribution in [0, 0.1) is 13.8 Å². The molecule has 1 aromatic heterocycles. The average Bonchev–Trinajstić information content (AvgIpc) is 2.67. The lowest BCUT2D eigenvalue weighted by Gasteiger charge is -2.14. The van der Waals surface area contributed by atoms with Crippen molar-refractivity contribution in [2.24, 2.45) is 0 Å². The first kappa shape index (κ1) is 12.8. The Kier molecular flexibility index (Phi) is 4.05. The monoisotopic (exact) mass is 308 g/mol. The molecular formula is C15H17BrS. The third kappa shape index (κ3) is 2.63. The molecule has 0 spiro atoms. The Bertz CT molecular complexity index is 513. The molecule has 1 heterocycles. The number of thiophene rings is 1. The van der Waals surface area contributed by atoms with E-state index in [2.05, 4.69) is 67.0 Å². The molecule has 0 aliphatic heterocycles. The van der Waals surface area contributed by atoms with E-state index in [-0.39, 0.29) is 0 Å². The second kappa shape index (κ2) is 5.36. The summed E-state index contributed by atoms with van der Waals surface area (Å²) in [6, 6.07) is 11.0. The summed E-state index contributed by atoms with van der Waals surface area (Å²) in [5.41, 5.74) is 4.24. The van der Waals surface area contributed by atoms with E-state index in [4.69, 9.17) is 0 Å². The Morgan fingerprint density at radius 3 is 2.47 bits per heavy atom. The molecule has 0 bridgehead atoms. The lowest BCUT2D eigenvalue weighted by Crippen LogP contribution is -1.97. The highest BCUT2D eigenvalue weighted by atomic mass is 79.9. The van der Waals surface area contributed by atoms with Crippen LogP contribution in [0.5, 0.6) is 0 Å². The molecule has 0 fully saturated rings. The maximum absolute atomic E-state index is 3.86. The maximum atomic E-state index is 3.86. The van der Waals surface area contributed by atoms with Crippen LogP contribution in [-0.4, -0.2) is 0 Å². The Morgan fingerprint density at radius 1 is 1.18 bits per heavy atom. The minimum absolute atomic E-state index is 0.323. The van der Waals surface area contributed by atoms with Crippen LogP contribution in [0.15, 0.2) is 30.3 Å². The minimum Gasteiger partial charge on any atom is -0.146 e. The fraction of sp³-hybridized carbons (Fsp3) is 0.333. The first-order valence-corrected chi connectivity index (χ1v) is 7.65. The predicted octanol–water partition coefficient (Wildman–Crippen LogP) is 5.41. The van der Waals surface area contributed by atoms with Crippen LogP contribution in [0.4, 0.5) is 0 Å². The normalized spacial score (nSPS) is 12.7. The standard InChI is InChI=1S/C15H17BrS/c1-4-12-7-5-6-8-13(12)15(16)14-9-10(2)17-11(14)3/h5-9,15H,4H2,1-3H3. The van der Waals surface area contributed by atoms with Gasteiger partial charge in [0, 0.05) is 9.75 Å². The quantitative estimate of drug-likeness (QED) is 0.665. The summed E-state index contributed by atoms with van der Waals surface area (Å²) >= 11 is 5.73. The van der Waals surface area contributed by atoms with Crippen molar-refractivity contribution in [1.82, 2.24) is 0 Å². The number of alkyl halides is 1. The van der Waals surface area contributed by atoms with E-state index in [1.54, 1.807) is 0 Å². The fourth-order valence-electron chi connectivity index (χ4n) is 2.17. The maximum Gasteiger partial charge on any atom is 0.0658 e. The SMILES string of the molecule is CCc1ccccc1C(Br)c1cc(C)sc1C. The van der Waals surface area contributed by atoms with Gasteiger partial charge in [-0.05, 0) is 43.0 Å². The number of hydrogen-bond acceptors (Lipinski definition) is 1. The van der Waals surface area contributed by atoms with Crippen molar-refractivity contribution >= 4 is 27.3 Å².